The van der Waals surface area contributed by atoms with Crippen LogP contribution in [-0.4, -0.2) is 33.2 Å². The van der Waals surface area contributed by atoms with Crippen LogP contribution in [0.2, 0.25) is 0 Å². The highest BCUT2D eigenvalue weighted by Crippen LogP contribution is 2.41. The molecular formula is C31H43NO4. The van der Waals surface area contributed by atoms with Crippen LogP contribution in [0.15, 0.2) is 36.4 Å². The van der Waals surface area contributed by atoms with Crippen LogP contribution in [0.25, 0.3) is 0 Å². The standard InChI is InChI=1S/C31H43NO4/c1-7-31(8-2,24-12-11-23(21(3)19-24)15-18-30(36)16-9-10-17-30)25-13-14-26(22(4)20-25)27(33)32-29(5,6)28(34)35/h11-14,19-20,36H,7-10,15-18H2,1-6H3,(H,32,33)(H,34,35). The van der Waals surface area contributed by atoms with Crippen molar-refractivity contribution in [1.82, 2.24) is 5.32 Å². The molecule has 1 fully saturated rings. The van der Waals surface area contributed by atoms with Gasteiger partial charge in [0.2, 0.25) is 0 Å². The summed E-state index contributed by atoms with van der Waals surface area (Å²) in [5.41, 5.74) is 4.27. The molecule has 36 heavy (non-hydrogen) atoms. The molecule has 1 amide bonds. The maximum absolute atomic E-state index is 12.8. The molecule has 2 aromatic rings. The Morgan fingerprint density at radius 1 is 0.944 bits per heavy atom. The maximum atomic E-state index is 12.8. The second-order valence-corrected chi connectivity index (χ2v) is 11.3. The number of rotatable bonds is 10. The molecule has 0 heterocycles. The number of aryl methyl sites for hydroxylation is 3. The number of aliphatic carboxylic acids is 1. The molecule has 2 aromatic carbocycles. The molecule has 0 bridgehead atoms. The fourth-order valence-electron chi connectivity index (χ4n) is 5.78. The smallest absolute Gasteiger partial charge is 0.328 e. The molecule has 5 heteroatoms. The van der Waals surface area contributed by atoms with Crippen LogP contribution in [0.5, 0.6) is 0 Å². The van der Waals surface area contributed by atoms with Crippen LogP contribution < -0.4 is 5.32 Å². The zero-order valence-corrected chi connectivity index (χ0v) is 22.8. The first-order chi connectivity index (χ1) is 16.9. The first-order valence-corrected chi connectivity index (χ1v) is 13.4. The monoisotopic (exact) mass is 493 g/mol. The van der Waals surface area contributed by atoms with Crippen LogP contribution in [0.4, 0.5) is 0 Å². The first kappa shape index (κ1) is 27.9. The predicted molar refractivity (Wildman–Crippen MR) is 145 cm³/mol. The zero-order valence-electron chi connectivity index (χ0n) is 22.8. The minimum Gasteiger partial charge on any atom is -0.480 e. The molecule has 0 saturated heterocycles. The van der Waals surface area contributed by atoms with E-state index in [4.69, 9.17) is 0 Å². The van der Waals surface area contributed by atoms with Crippen molar-refractivity contribution in [3.05, 3.63) is 69.8 Å². The van der Waals surface area contributed by atoms with Gasteiger partial charge in [0.05, 0.1) is 5.60 Å². The lowest BCUT2D eigenvalue weighted by molar-refractivity contribution is -0.143. The number of benzene rings is 2. The van der Waals surface area contributed by atoms with Crippen LogP contribution in [0.3, 0.4) is 0 Å². The van der Waals surface area contributed by atoms with E-state index in [1.807, 2.05) is 19.1 Å². The Bertz CT molecular complexity index is 1110. The van der Waals surface area contributed by atoms with E-state index in [2.05, 4.69) is 50.4 Å². The summed E-state index contributed by atoms with van der Waals surface area (Å²) in [6, 6.07) is 12.7. The van der Waals surface area contributed by atoms with E-state index in [1.165, 1.54) is 30.5 Å². The SMILES string of the molecule is CCC(CC)(c1ccc(CCC2(O)CCCC2)c(C)c1)c1ccc(C(=O)NC(C)(C)C(=O)O)c(C)c1. The number of hydrogen-bond donors (Lipinski definition) is 3. The molecule has 0 aromatic heterocycles. The largest absolute Gasteiger partial charge is 0.480 e. The van der Waals surface area contributed by atoms with Gasteiger partial charge in [-0.05, 0) is 100 Å². The fraction of sp³-hybridized carbons (Fsp3) is 0.548. The quantitative estimate of drug-likeness (QED) is 0.366. The third-order valence-corrected chi connectivity index (χ3v) is 8.48. The molecule has 1 saturated carbocycles. The van der Waals surface area contributed by atoms with E-state index in [0.29, 0.717) is 5.56 Å². The lowest BCUT2D eigenvalue weighted by Gasteiger charge is -2.34. The molecular weight excluding hydrogens is 450 g/mol. The normalized spacial score (nSPS) is 15.6. The van der Waals surface area contributed by atoms with Crippen molar-refractivity contribution < 1.29 is 19.8 Å². The summed E-state index contributed by atoms with van der Waals surface area (Å²) in [4.78, 5) is 24.3. The van der Waals surface area contributed by atoms with Crippen molar-refractivity contribution in [2.45, 2.75) is 109 Å². The van der Waals surface area contributed by atoms with Gasteiger partial charge in [-0.2, -0.15) is 0 Å². The molecule has 3 N–H and O–H groups in total. The Hall–Kier alpha value is -2.66. The molecule has 5 nitrogen and oxygen atoms in total. The average Bonchev–Trinajstić information content (AvgIpc) is 3.26. The summed E-state index contributed by atoms with van der Waals surface area (Å²) in [5, 5.41) is 22.8. The summed E-state index contributed by atoms with van der Waals surface area (Å²) in [5.74, 6) is -1.45. The van der Waals surface area contributed by atoms with Gasteiger partial charge in [0, 0.05) is 11.0 Å². The van der Waals surface area contributed by atoms with Gasteiger partial charge in [0.25, 0.3) is 5.91 Å². The third-order valence-electron chi connectivity index (χ3n) is 8.48. The minimum atomic E-state index is -1.34. The van der Waals surface area contributed by atoms with Gasteiger partial charge < -0.3 is 15.5 Å². The van der Waals surface area contributed by atoms with Crippen LogP contribution in [-0.2, 0) is 16.6 Å². The minimum absolute atomic E-state index is 0.187. The van der Waals surface area contributed by atoms with E-state index in [0.717, 1.165) is 62.5 Å². The molecule has 0 atom stereocenters. The molecule has 1 aliphatic rings. The Morgan fingerprint density at radius 3 is 2.00 bits per heavy atom. The van der Waals surface area contributed by atoms with Crippen LogP contribution in [0, 0.1) is 13.8 Å². The van der Waals surface area contributed by atoms with Gasteiger partial charge in [-0.15, -0.1) is 0 Å². The highest BCUT2D eigenvalue weighted by atomic mass is 16.4. The summed E-state index contributed by atoms with van der Waals surface area (Å²) in [6.07, 6.45) is 7.63. The Morgan fingerprint density at radius 2 is 1.50 bits per heavy atom. The van der Waals surface area contributed by atoms with Gasteiger partial charge in [0.15, 0.2) is 0 Å². The molecule has 0 spiro atoms. The highest BCUT2D eigenvalue weighted by Gasteiger charge is 2.34. The molecule has 196 valence electrons. The van der Waals surface area contributed by atoms with Crippen molar-refractivity contribution in [3.63, 3.8) is 0 Å². The summed E-state index contributed by atoms with van der Waals surface area (Å²) in [7, 11) is 0. The number of carboxylic acid groups (broad SMARTS) is 1. The third kappa shape index (κ3) is 5.67. The topological polar surface area (TPSA) is 86.6 Å². The van der Waals surface area contributed by atoms with E-state index in [1.54, 1.807) is 0 Å². The Kier molecular flexibility index (Phi) is 8.34. The molecule has 0 unspecified atom stereocenters. The Labute approximate surface area is 216 Å². The lowest BCUT2D eigenvalue weighted by atomic mass is 9.69. The zero-order chi connectivity index (χ0) is 26.7. The first-order valence-electron chi connectivity index (χ1n) is 13.4. The van der Waals surface area contributed by atoms with Crippen molar-refractivity contribution in [3.8, 4) is 0 Å². The predicted octanol–water partition coefficient (Wildman–Crippen LogP) is 6.24. The molecule has 0 radical (unpaired) electrons. The summed E-state index contributed by atoms with van der Waals surface area (Å²) < 4.78 is 0. The average molecular weight is 494 g/mol. The van der Waals surface area contributed by atoms with Gasteiger partial charge in [0.1, 0.15) is 5.54 Å². The van der Waals surface area contributed by atoms with E-state index in [-0.39, 0.29) is 11.3 Å². The van der Waals surface area contributed by atoms with E-state index < -0.39 is 17.1 Å². The van der Waals surface area contributed by atoms with Crippen molar-refractivity contribution in [1.29, 1.82) is 0 Å². The van der Waals surface area contributed by atoms with Gasteiger partial charge in [-0.1, -0.05) is 57.0 Å². The fourth-order valence-corrected chi connectivity index (χ4v) is 5.78. The number of carboxylic acids is 1. The second-order valence-electron chi connectivity index (χ2n) is 11.3. The number of hydrogen-bond acceptors (Lipinski definition) is 3. The van der Waals surface area contributed by atoms with E-state index in [9.17, 15) is 19.8 Å². The van der Waals surface area contributed by atoms with Crippen LogP contribution in [0.1, 0.15) is 111 Å². The van der Waals surface area contributed by atoms with Gasteiger partial charge in [-0.25, -0.2) is 4.79 Å². The van der Waals surface area contributed by atoms with Gasteiger partial charge >= 0.3 is 5.97 Å². The molecule has 0 aliphatic heterocycles. The number of nitrogens with one attached hydrogen (secondary N) is 1. The lowest BCUT2D eigenvalue weighted by Crippen LogP contribution is -2.49. The number of aliphatic hydroxyl groups is 1. The van der Waals surface area contributed by atoms with Gasteiger partial charge in [-0.3, -0.25) is 4.79 Å². The second kappa shape index (κ2) is 10.8. The Balaban J connectivity index is 1.88. The van der Waals surface area contributed by atoms with Crippen molar-refractivity contribution >= 4 is 11.9 Å². The highest BCUT2D eigenvalue weighted by molar-refractivity contribution is 5.98. The molecule has 1 aliphatic carbocycles. The maximum Gasteiger partial charge on any atom is 0.328 e. The van der Waals surface area contributed by atoms with Crippen molar-refractivity contribution in [2.24, 2.45) is 0 Å². The van der Waals surface area contributed by atoms with E-state index >= 15 is 0 Å². The number of amides is 1. The summed E-state index contributed by atoms with van der Waals surface area (Å²) >= 11 is 0. The van der Waals surface area contributed by atoms with Crippen molar-refractivity contribution in [2.75, 3.05) is 0 Å². The summed E-state index contributed by atoms with van der Waals surface area (Å²) in [6.45, 7) is 11.4. The molecule has 3 rings (SSSR count). The van der Waals surface area contributed by atoms with Crippen LogP contribution >= 0.6 is 0 Å². The number of carbonyl (C=O) groups excluding carboxylic acids is 1. The number of carbonyl (C=O) groups is 2.